The largest absolute Gasteiger partial charge is 0.458 e. The lowest BCUT2D eigenvalue weighted by atomic mass is 9.46. The minimum atomic E-state index is -2.23. The summed E-state index contributed by atoms with van der Waals surface area (Å²) in [7, 11) is 0. The average Bonchev–Trinajstić information content (AvgIpc) is 3.16. The minimum absolute atomic E-state index is 0.0790. The number of aliphatic hydroxyl groups is 2. The standard InChI is InChI=1S/C28H30O10/c1-23-10-18-25(3)28-19(23)20(31)27(38-28,35-11-16(23)21(32)36-18)15-5-4-12-8-13(29)9-17(30)24(12,2)14(15)6-7-26(28,34)22(33)37-25/h4-5,8,13-16,18-19,29,34H,6-7,9-11H2,1-3H3/t13-,14+,15-,16+,18+,19-,23?,24-,25?,26+,27+,28?/m1/s1. The fraction of sp³-hybridized carbons (Fsp3) is 0.714. The normalized spacial score (nSPS) is 59.2. The number of allylic oxidation sites excluding steroid dienone is 2. The van der Waals surface area contributed by atoms with Crippen LogP contribution in [-0.2, 0) is 38.1 Å². The van der Waals surface area contributed by atoms with Crippen molar-refractivity contribution in [2.75, 3.05) is 6.61 Å². The van der Waals surface area contributed by atoms with Crippen LogP contribution in [-0.4, -0.2) is 75.1 Å². The van der Waals surface area contributed by atoms with E-state index < -0.39 is 87.0 Å². The molecule has 38 heavy (non-hydrogen) atoms. The second-order valence-electron chi connectivity index (χ2n) is 13.2. The first-order valence-corrected chi connectivity index (χ1v) is 13.5. The fourth-order valence-corrected chi connectivity index (χ4v) is 9.89. The van der Waals surface area contributed by atoms with Crippen LogP contribution >= 0.6 is 0 Å². The first-order valence-electron chi connectivity index (χ1n) is 13.5. The summed E-state index contributed by atoms with van der Waals surface area (Å²) in [6.07, 6.45) is 3.65. The SMILES string of the molecule is CC12C[C@@H]3OC(=O)[C@@H]1CO[C@@]14OC5([C@@H]2C1=O)C3(C)OC(=O)[C@@]5(O)CC[C@H]1[C@H]4C=CC2=C[C@@H](O)CC(=O)[C@]21C. The molecular weight excluding hydrogens is 496 g/mol. The highest BCUT2D eigenvalue weighted by Crippen LogP contribution is 2.74. The van der Waals surface area contributed by atoms with Crippen LogP contribution in [0.2, 0.25) is 0 Å². The average molecular weight is 527 g/mol. The number of esters is 2. The van der Waals surface area contributed by atoms with Gasteiger partial charge in [-0.25, -0.2) is 4.79 Å². The van der Waals surface area contributed by atoms with Crippen molar-refractivity contribution >= 4 is 23.5 Å². The highest BCUT2D eigenvalue weighted by molar-refractivity contribution is 6.00. The zero-order chi connectivity index (χ0) is 26.8. The van der Waals surface area contributed by atoms with Crippen molar-refractivity contribution in [3.63, 3.8) is 0 Å². The van der Waals surface area contributed by atoms with E-state index in [4.69, 9.17) is 18.9 Å². The Morgan fingerprint density at radius 3 is 2.63 bits per heavy atom. The van der Waals surface area contributed by atoms with E-state index in [9.17, 15) is 29.4 Å². The Morgan fingerprint density at radius 1 is 1.11 bits per heavy atom. The topological polar surface area (TPSA) is 146 Å². The number of Topliss-reactive ketones (excluding diaryl/α,β-unsaturated/α-hetero) is 2. The van der Waals surface area contributed by atoms with Gasteiger partial charge in [-0.15, -0.1) is 0 Å². The monoisotopic (exact) mass is 526 g/mol. The molecule has 0 amide bonds. The molecule has 0 aromatic heterocycles. The van der Waals surface area contributed by atoms with E-state index in [1.54, 1.807) is 32.1 Å². The van der Waals surface area contributed by atoms with Crippen LogP contribution in [0.1, 0.15) is 46.5 Å². The Hall–Kier alpha value is -2.40. The van der Waals surface area contributed by atoms with Crippen LogP contribution in [0.4, 0.5) is 0 Å². The molecule has 0 aromatic carbocycles. The summed E-state index contributed by atoms with van der Waals surface area (Å²) in [5.41, 5.74) is -7.17. The van der Waals surface area contributed by atoms with Crippen LogP contribution in [0.3, 0.4) is 0 Å². The summed E-state index contributed by atoms with van der Waals surface area (Å²) in [6.45, 7) is 5.07. The van der Waals surface area contributed by atoms with Gasteiger partial charge in [0.15, 0.2) is 22.6 Å². The number of fused-ring (bicyclic) bond motifs is 5. The molecule has 8 rings (SSSR count). The zero-order valence-electron chi connectivity index (χ0n) is 21.4. The third-order valence-electron chi connectivity index (χ3n) is 11.9. The maximum Gasteiger partial charge on any atom is 0.342 e. The molecule has 2 N–H and O–H groups in total. The van der Waals surface area contributed by atoms with Crippen LogP contribution in [0.25, 0.3) is 0 Å². The van der Waals surface area contributed by atoms with Gasteiger partial charge in [0.1, 0.15) is 11.9 Å². The number of hydrogen-bond acceptors (Lipinski definition) is 10. The van der Waals surface area contributed by atoms with Crippen molar-refractivity contribution in [3.05, 3.63) is 23.8 Å². The molecule has 0 radical (unpaired) electrons. The lowest BCUT2D eigenvalue weighted by Crippen LogP contribution is -2.79. The molecule has 3 unspecified atom stereocenters. The maximum atomic E-state index is 14.8. The van der Waals surface area contributed by atoms with Crippen molar-refractivity contribution in [1.29, 1.82) is 0 Å². The van der Waals surface area contributed by atoms with Gasteiger partial charge in [-0.2, -0.15) is 0 Å². The summed E-state index contributed by atoms with van der Waals surface area (Å²) in [6, 6.07) is 0. The smallest absolute Gasteiger partial charge is 0.342 e. The van der Waals surface area contributed by atoms with Gasteiger partial charge in [-0.3, -0.25) is 14.4 Å². The molecule has 3 aliphatic carbocycles. The molecule has 5 heterocycles. The van der Waals surface area contributed by atoms with E-state index in [0.29, 0.717) is 5.57 Å². The second kappa shape index (κ2) is 6.32. The second-order valence-corrected chi connectivity index (χ2v) is 13.2. The molecule has 1 saturated carbocycles. The third kappa shape index (κ3) is 2.03. The zero-order valence-corrected chi connectivity index (χ0v) is 21.4. The van der Waals surface area contributed by atoms with E-state index in [0.717, 1.165) is 0 Å². The molecular formula is C28H30O10. The first-order chi connectivity index (χ1) is 17.8. The van der Waals surface area contributed by atoms with Gasteiger partial charge < -0.3 is 29.2 Å². The first kappa shape index (κ1) is 23.5. The molecule has 202 valence electrons. The van der Waals surface area contributed by atoms with Crippen LogP contribution in [0.5, 0.6) is 0 Å². The number of rotatable bonds is 0. The number of ketones is 2. The van der Waals surface area contributed by atoms with Gasteiger partial charge in [0.2, 0.25) is 5.79 Å². The highest BCUT2D eigenvalue weighted by atomic mass is 16.8. The summed E-state index contributed by atoms with van der Waals surface area (Å²) >= 11 is 0. The van der Waals surface area contributed by atoms with E-state index in [1.165, 1.54) is 0 Å². The van der Waals surface area contributed by atoms with Gasteiger partial charge in [0, 0.05) is 12.3 Å². The Morgan fingerprint density at radius 2 is 1.87 bits per heavy atom. The van der Waals surface area contributed by atoms with Gasteiger partial charge in [-0.1, -0.05) is 25.2 Å². The van der Waals surface area contributed by atoms with Gasteiger partial charge in [-0.05, 0) is 50.0 Å². The van der Waals surface area contributed by atoms with E-state index in [1.807, 2.05) is 6.92 Å². The van der Waals surface area contributed by atoms with Crippen molar-refractivity contribution < 1.29 is 48.3 Å². The molecule has 8 aliphatic rings. The fourth-order valence-electron chi connectivity index (χ4n) is 9.89. The maximum absolute atomic E-state index is 14.8. The quantitative estimate of drug-likeness (QED) is 0.429. The van der Waals surface area contributed by atoms with E-state index >= 15 is 0 Å². The lowest BCUT2D eigenvalue weighted by molar-refractivity contribution is -0.370. The number of ether oxygens (including phenoxy) is 4. The predicted molar refractivity (Wildman–Crippen MR) is 124 cm³/mol. The number of aliphatic hydroxyl groups excluding tert-OH is 1. The molecule has 5 aliphatic heterocycles. The van der Waals surface area contributed by atoms with Crippen molar-refractivity contribution in [3.8, 4) is 0 Å². The van der Waals surface area contributed by atoms with E-state index in [-0.39, 0.29) is 38.1 Å². The summed E-state index contributed by atoms with van der Waals surface area (Å²) < 4.78 is 25.0. The number of carbonyl (C=O) groups excluding carboxylic acids is 4. The molecule has 0 aromatic rings. The summed E-state index contributed by atoms with van der Waals surface area (Å²) in [5.74, 6) is -7.21. The molecule has 10 nitrogen and oxygen atoms in total. The van der Waals surface area contributed by atoms with Crippen LogP contribution < -0.4 is 0 Å². The van der Waals surface area contributed by atoms with Gasteiger partial charge in [0.25, 0.3) is 0 Å². The van der Waals surface area contributed by atoms with Crippen molar-refractivity contribution in [2.24, 2.45) is 34.5 Å². The lowest BCUT2D eigenvalue weighted by Gasteiger charge is -2.62. The molecule has 5 saturated heterocycles. The molecule has 2 spiro atoms. The molecule has 5 bridgehead atoms. The minimum Gasteiger partial charge on any atom is -0.458 e. The van der Waals surface area contributed by atoms with E-state index in [2.05, 4.69) is 0 Å². The number of hydrogen-bond donors (Lipinski definition) is 2. The van der Waals surface area contributed by atoms with Gasteiger partial charge >= 0.3 is 11.9 Å². The van der Waals surface area contributed by atoms with Crippen molar-refractivity contribution in [2.45, 2.75) is 81.3 Å². The summed E-state index contributed by atoms with van der Waals surface area (Å²) in [5, 5.41) is 22.7. The predicted octanol–water partition coefficient (Wildman–Crippen LogP) is 0.528. The van der Waals surface area contributed by atoms with Crippen LogP contribution in [0, 0.1) is 34.5 Å². The Balaban J connectivity index is 1.43. The Bertz CT molecular complexity index is 1330. The van der Waals surface area contributed by atoms with Crippen LogP contribution in [0.15, 0.2) is 23.8 Å². The van der Waals surface area contributed by atoms with Gasteiger partial charge in [0.05, 0.1) is 30.0 Å². The summed E-state index contributed by atoms with van der Waals surface area (Å²) in [4.78, 5) is 55.4. The molecule has 6 fully saturated rings. The molecule has 10 heteroatoms. The third-order valence-corrected chi connectivity index (χ3v) is 11.9. The van der Waals surface area contributed by atoms with Crippen molar-refractivity contribution in [1.82, 2.24) is 0 Å². The molecule has 12 atom stereocenters. The highest BCUT2D eigenvalue weighted by Gasteiger charge is 2.93. The Labute approximate surface area is 218 Å². The Kier molecular flexibility index (Phi) is 3.91. The number of carbonyl (C=O) groups is 4.